The summed E-state index contributed by atoms with van der Waals surface area (Å²) >= 11 is 0. The molecule has 7 nitrogen and oxygen atoms in total. The molecule has 7 heteroatoms. The second-order valence-corrected chi connectivity index (χ2v) is 6.74. The molecule has 0 saturated carbocycles. The van der Waals surface area contributed by atoms with E-state index < -0.39 is 5.97 Å². The fourth-order valence-electron chi connectivity index (χ4n) is 2.48. The van der Waals surface area contributed by atoms with Crippen LogP contribution in [0.5, 0.6) is 11.5 Å². The van der Waals surface area contributed by atoms with Crippen molar-refractivity contribution in [2.75, 3.05) is 6.61 Å². The van der Waals surface area contributed by atoms with E-state index in [2.05, 4.69) is 24.4 Å². The quantitative estimate of drug-likeness (QED) is 0.263. The molecular weight excluding hydrogens is 384 g/mol. The Hall–Kier alpha value is -3.87. The van der Waals surface area contributed by atoms with Gasteiger partial charge in [-0.2, -0.15) is 5.10 Å². The highest BCUT2D eigenvalue weighted by Crippen LogP contribution is 2.18. The van der Waals surface area contributed by atoms with Crippen molar-refractivity contribution in [2.45, 2.75) is 19.8 Å². The molecule has 154 valence electrons. The maximum Gasteiger partial charge on any atom is 0.379 e. The monoisotopic (exact) mass is 406 g/mol. The molecule has 0 atom stereocenters. The van der Waals surface area contributed by atoms with Gasteiger partial charge in [-0.15, -0.1) is 0 Å². The van der Waals surface area contributed by atoms with Gasteiger partial charge in [0.1, 0.15) is 11.5 Å². The van der Waals surface area contributed by atoms with Gasteiger partial charge in [0.05, 0.1) is 12.5 Å². The van der Waals surface area contributed by atoms with Crippen LogP contribution in [0.1, 0.15) is 41.4 Å². The highest BCUT2D eigenvalue weighted by molar-refractivity contribution is 5.88. The summed E-state index contributed by atoms with van der Waals surface area (Å²) in [5.74, 6) is 0.610. The van der Waals surface area contributed by atoms with E-state index in [0.717, 1.165) is 5.56 Å². The van der Waals surface area contributed by atoms with Crippen LogP contribution < -0.4 is 14.9 Å². The van der Waals surface area contributed by atoms with Gasteiger partial charge in [0.2, 0.25) is 5.76 Å². The Kier molecular flexibility index (Phi) is 7.00. The molecule has 1 amide bonds. The molecule has 0 aliphatic carbocycles. The number of hydrogen-bond donors (Lipinski definition) is 1. The van der Waals surface area contributed by atoms with Crippen molar-refractivity contribution in [2.24, 2.45) is 5.10 Å². The first-order chi connectivity index (χ1) is 14.5. The molecule has 0 unspecified atom stereocenters. The molecule has 0 radical (unpaired) electrons. The minimum absolute atomic E-state index is 0.126. The van der Waals surface area contributed by atoms with Crippen LogP contribution in [0.4, 0.5) is 0 Å². The lowest BCUT2D eigenvalue weighted by Crippen LogP contribution is -2.24. The first-order valence-electron chi connectivity index (χ1n) is 9.41. The summed E-state index contributed by atoms with van der Waals surface area (Å²) in [5, 5.41) is 3.90. The third-order valence-corrected chi connectivity index (χ3v) is 4.13. The van der Waals surface area contributed by atoms with Crippen molar-refractivity contribution in [1.29, 1.82) is 0 Å². The van der Waals surface area contributed by atoms with Crippen LogP contribution in [0, 0.1) is 0 Å². The molecule has 0 bridgehead atoms. The Morgan fingerprint density at radius 3 is 2.37 bits per heavy atom. The van der Waals surface area contributed by atoms with E-state index in [9.17, 15) is 9.59 Å². The number of hydrogen-bond acceptors (Lipinski definition) is 6. The van der Waals surface area contributed by atoms with E-state index in [-0.39, 0.29) is 18.3 Å². The van der Waals surface area contributed by atoms with Crippen LogP contribution in [-0.2, 0) is 4.79 Å². The van der Waals surface area contributed by atoms with Gasteiger partial charge in [0.15, 0.2) is 6.61 Å². The van der Waals surface area contributed by atoms with Gasteiger partial charge in [-0.25, -0.2) is 10.2 Å². The Balaban J connectivity index is 1.43. The van der Waals surface area contributed by atoms with Gasteiger partial charge in [-0.1, -0.05) is 26.0 Å². The summed E-state index contributed by atoms with van der Waals surface area (Å²) in [7, 11) is 0. The summed E-state index contributed by atoms with van der Waals surface area (Å²) in [4.78, 5) is 23.7. The minimum atomic E-state index is -0.576. The second kappa shape index (κ2) is 10.1. The van der Waals surface area contributed by atoms with Gasteiger partial charge in [-0.05, 0) is 65.6 Å². The molecule has 1 heterocycles. The minimum Gasteiger partial charge on any atom is -0.484 e. The maximum absolute atomic E-state index is 11.9. The molecule has 0 saturated heterocycles. The number of nitrogens with one attached hydrogen (secondary N) is 1. The Morgan fingerprint density at radius 1 is 1.03 bits per heavy atom. The van der Waals surface area contributed by atoms with E-state index in [1.54, 1.807) is 30.3 Å². The number of carbonyl (C=O) groups is 2. The standard InChI is InChI=1S/C23H22N2O5/c1-16(2)18-7-11-19(12-8-18)29-15-22(26)25-24-14-17-5-9-20(10-6-17)30-23(27)21-4-3-13-28-21/h3-14,16H,15H2,1-2H3,(H,25,26)/b24-14-. The predicted octanol–water partition coefficient (Wildman–Crippen LogP) is 4.15. The second-order valence-electron chi connectivity index (χ2n) is 6.74. The van der Waals surface area contributed by atoms with Crippen molar-refractivity contribution in [3.05, 3.63) is 83.8 Å². The number of amides is 1. The molecule has 0 spiro atoms. The highest BCUT2D eigenvalue weighted by Gasteiger charge is 2.11. The third-order valence-electron chi connectivity index (χ3n) is 4.13. The normalized spacial score (nSPS) is 10.9. The van der Waals surface area contributed by atoms with E-state index in [4.69, 9.17) is 13.9 Å². The molecule has 0 fully saturated rings. The number of carbonyl (C=O) groups excluding carboxylic acids is 2. The molecule has 0 aliphatic heterocycles. The van der Waals surface area contributed by atoms with Crippen LogP contribution in [0.2, 0.25) is 0 Å². The lowest BCUT2D eigenvalue weighted by atomic mass is 10.0. The van der Waals surface area contributed by atoms with E-state index >= 15 is 0 Å². The largest absolute Gasteiger partial charge is 0.484 e. The van der Waals surface area contributed by atoms with E-state index in [1.807, 2.05) is 24.3 Å². The first kappa shape index (κ1) is 20.9. The van der Waals surface area contributed by atoms with Crippen molar-refractivity contribution in [3.8, 4) is 11.5 Å². The van der Waals surface area contributed by atoms with Crippen molar-refractivity contribution < 1.29 is 23.5 Å². The Morgan fingerprint density at radius 2 is 1.73 bits per heavy atom. The Labute approximate surface area is 174 Å². The molecular formula is C23H22N2O5. The number of hydrazone groups is 1. The fourth-order valence-corrected chi connectivity index (χ4v) is 2.48. The van der Waals surface area contributed by atoms with Crippen molar-refractivity contribution in [1.82, 2.24) is 5.43 Å². The summed E-state index contributed by atoms with van der Waals surface area (Å²) in [6.45, 7) is 4.09. The van der Waals surface area contributed by atoms with E-state index in [1.165, 1.54) is 24.1 Å². The number of nitrogens with zero attached hydrogens (tertiary/aromatic N) is 1. The average Bonchev–Trinajstić information content (AvgIpc) is 3.29. The first-order valence-corrected chi connectivity index (χ1v) is 9.41. The smallest absolute Gasteiger partial charge is 0.379 e. The van der Waals surface area contributed by atoms with Gasteiger partial charge < -0.3 is 13.9 Å². The van der Waals surface area contributed by atoms with Gasteiger partial charge in [-0.3, -0.25) is 4.79 Å². The predicted molar refractivity (Wildman–Crippen MR) is 112 cm³/mol. The van der Waals surface area contributed by atoms with Gasteiger partial charge in [0, 0.05) is 0 Å². The van der Waals surface area contributed by atoms with Crippen molar-refractivity contribution >= 4 is 18.1 Å². The van der Waals surface area contributed by atoms with Crippen LogP contribution in [-0.4, -0.2) is 24.7 Å². The SMILES string of the molecule is CC(C)c1ccc(OCC(=O)N/N=C\c2ccc(OC(=O)c3ccco3)cc2)cc1. The number of furan rings is 1. The van der Waals surface area contributed by atoms with Gasteiger partial charge >= 0.3 is 5.97 Å². The summed E-state index contributed by atoms with van der Waals surface area (Å²) in [6, 6.07) is 17.4. The molecule has 1 N–H and O–H groups in total. The number of rotatable bonds is 8. The summed E-state index contributed by atoms with van der Waals surface area (Å²) in [6.07, 6.45) is 2.88. The van der Waals surface area contributed by atoms with Crippen LogP contribution in [0.25, 0.3) is 0 Å². The topological polar surface area (TPSA) is 90.1 Å². The van der Waals surface area contributed by atoms with Crippen LogP contribution in [0.3, 0.4) is 0 Å². The number of esters is 1. The lowest BCUT2D eigenvalue weighted by Gasteiger charge is -2.08. The third kappa shape index (κ3) is 6.07. The Bertz CT molecular complexity index is 991. The summed E-state index contributed by atoms with van der Waals surface area (Å²) in [5.41, 5.74) is 4.33. The zero-order valence-corrected chi connectivity index (χ0v) is 16.7. The summed E-state index contributed by atoms with van der Waals surface area (Å²) < 4.78 is 15.6. The fraction of sp³-hybridized carbons (Fsp3) is 0.174. The molecule has 30 heavy (non-hydrogen) atoms. The van der Waals surface area contributed by atoms with Crippen LogP contribution in [0.15, 0.2) is 76.4 Å². The van der Waals surface area contributed by atoms with Gasteiger partial charge in [0.25, 0.3) is 5.91 Å². The van der Waals surface area contributed by atoms with Crippen molar-refractivity contribution in [3.63, 3.8) is 0 Å². The lowest BCUT2D eigenvalue weighted by molar-refractivity contribution is -0.123. The van der Waals surface area contributed by atoms with Crippen LogP contribution >= 0.6 is 0 Å². The molecule has 0 aliphatic rings. The molecule has 3 aromatic rings. The molecule has 1 aromatic heterocycles. The van der Waals surface area contributed by atoms with E-state index in [0.29, 0.717) is 17.4 Å². The molecule has 3 rings (SSSR count). The molecule has 2 aromatic carbocycles. The highest BCUT2D eigenvalue weighted by atomic mass is 16.5. The average molecular weight is 406 g/mol. The number of benzene rings is 2. The maximum atomic E-state index is 11.9. The zero-order chi connectivity index (χ0) is 21.3. The zero-order valence-electron chi connectivity index (χ0n) is 16.7. The number of ether oxygens (including phenoxy) is 2.